The Hall–Kier alpha value is -1.92. The van der Waals surface area contributed by atoms with E-state index in [1.54, 1.807) is 18.1 Å². The van der Waals surface area contributed by atoms with Crippen LogP contribution in [0.15, 0.2) is 6.20 Å². The quantitative estimate of drug-likeness (QED) is 0.865. The zero-order valence-corrected chi connectivity index (χ0v) is 10.9. The number of hydrogen-bond acceptors (Lipinski definition) is 4. The van der Waals surface area contributed by atoms with Gasteiger partial charge in [0.2, 0.25) is 0 Å². The molecular weight excluding hydrogens is 248 g/mol. The van der Waals surface area contributed by atoms with Crippen LogP contribution in [0.5, 0.6) is 0 Å². The molecule has 104 valence electrons. The number of rotatable bonds is 4. The van der Waals surface area contributed by atoms with Crippen LogP contribution in [0.3, 0.4) is 0 Å². The lowest BCUT2D eigenvalue weighted by Gasteiger charge is -2.35. The minimum Gasteiger partial charge on any atom is -0.481 e. The Morgan fingerprint density at radius 1 is 1.47 bits per heavy atom. The summed E-state index contributed by atoms with van der Waals surface area (Å²) in [7, 11) is 1.71. The number of piperidine rings is 1. The van der Waals surface area contributed by atoms with Crippen molar-refractivity contribution in [3.8, 4) is 0 Å². The molecule has 1 aromatic heterocycles. The summed E-state index contributed by atoms with van der Waals surface area (Å²) in [4.78, 5) is 24.7. The van der Waals surface area contributed by atoms with Crippen LogP contribution in [0.1, 0.15) is 42.6 Å². The van der Waals surface area contributed by atoms with E-state index < -0.39 is 5.97 Å². The van der Waals surface area contributed by atoms with Crippen LogP contribution in [-0.2, 0) is 11.8 Å². The Morgan fingerprint density at radius 2 is 2.26 bits per heavy atom. The molecule has 0 bridgehead atoms. The molecule has 0 saturated carbocycles. The van der Waals surface area contributed by atoms with E-state index in [1.807, 2.05) is 0 Å². The van der Waals surface area contributed by atoms with Gasteiger partial charge in [-0.05, 0) is 25.7 Å². The Balaban J connectivity index is 2.06. The first-order valence-corrected chi connectivity index (χ1v) is 6.47. The number of carboxylic acids is 1. The molecule has 2 rings (SSSR count). The molecule has 0 radical (unpaired) electrons. The second kappa shape index (κ2) is 5.81. The molecule has 0 aliphatic carbocycles. The van der Waals surface area contributed by atoms with Crippen molar-refractivity contribution in [2.24, 2.45) is 7.05 Å². The van der Waals surface area contributed by atoms with Gasteiger partial charge in [0.15, 0.2) is 5.69 Å². The van der Waals surface area contributed by atoms with E-state index in [-0.39, 0.29) is 18.4 Å². The number of amides is 1. The van der Waals surface area contributed by atoms with Gasteiger partial charge in [0.1, 0.15) is 0 Å². The fourth-order valence-corrected chi connectivity index (χ4v) is 2.45. The smallest absolute Gasteiger partial charge is 0.303 e. The number of carbonyl (C=O) groups excluding carboxylic acids is 1. The summed E-state index contributed by atoms with van der Waals surface area (Å²) in [5.41, 5.74) is 0.324. The number of aryl methyl sites for hydroxylation is 1. The molecule has 19 heavy (non-hydrogen) atoms. The van der Waals surface area contributed by atoms with Crippen molar-refractivity contribution in [1.82, 2.24) is 19.9 Å². The highest BCUT2D eigenvalue weighted by Crippen LogP contribution is 2.22. The summed E-state index contributed by atoms with van der Waals surface area (Å²) in [5.74, 6) is -0.972. The first-order chi connectivity index (χ1) is 9.08. The van der Waals surface area contributed by atoms with Gasteiger partial charge in [-0.1, -0.05) is 5.21 Å². The topological polar surface area (TPSA) is 88.3 Å². The molecule has 1 aliphatic rings. The van der Waals surface area contributed by atoms with Crippen molar-refractivity contribution in [3.05, 3.63) is 11.9 Å². The monoisotopic (exact) mass is 266 g/mol. The molecule has 2 heterocycles. The maximum Gasteiger partial charge on any atom is 0.303 e. The minimum atomic E-state index is -0.822. The molecule has 1 fully saturated rings. The molecule has 1 aromatic rings. The third-order valence-electron chi connectivity index (χ3n) is 3.40. The van der Waals surface area contributed by atoms with E-state index in [2.05, 4.69) is 10.3 Å². The van der Waals surface area contributed by atoms with Gasteiger partial charge in [0, 0.05) is 26.1 Å². The predicted molar refractivity (Wildman–Crippen MR) is 66.5 cm³/mol. The summed E-state index contributed by atoms with van der Waals surface area (Å²) >= 11 is 0. The van der Waals surface area contributed by atoms with Crippen LogP contribution in [0.2, 0.25) is 0 Å². The molecule has 1 aliphatic heterocycles. The standard InChI is InChI=1S/C12H18N4O3/c1-15-8-10(13-14-15)12(19)16-7-3-2-4-9(16)5-6-11(17)18/h8-9H,2-7H2,1H3,(H,17,18). The van der Waals surface area contributed by atoms with Gasteiger partial charge in [-0.3, -0.25) is 14.3 Å². The summed E-state index contributed by atoms with van der Waals surface area (Å²) in [6.45, 7) is 0.666. The summed E-state index contributed by atoms with van der Waals surface area (Å²) in [6.07, 6.45) is 5.03. The summed E-state index contributed by atoms with van der Waals surface area (Å²) in [6, 6.07) is -0.000596. The van der Waals surface area contributed by atoms with Crippen molar-refractivity contribution in [2.75, 3.05) is 6.54 Å². The molecule has 0 spiro atoms. The van der Waals surface area contributed by atoms with E-state index >= 15 is 0 Å². The van der Waals surface area contributed by atoms with E-state index in [1.165, 1.54) is 4.68 Å². The Morgan fingerprint density at radius 3 is 2.89 bits per heavy atom. The van der Waals surface area contributed by atoms with Crippen molar-refractivity contribution >= 4 is 11.9 Å². The summed E-state index contributed by atoms with van der Waals surface area (Å²) in [5, 5.41) is 16.3. The van der Waals surface area contributed by atoms with Crippen LogP contribution in [-0.4, -0.2) is 49.5 Å². The van der Waals surface area contributed by atoms with Gasteiger partial charge in [0.25, 0.3) is 5.91 Å². The first kappa shape index (κ1) is 13.5. The summed E-state index contributed by atoms with van der Waals surface area (Å²) < 4.78 is 1.49. The fraction of sp³-hybridized carbons (Fsp3) is 0.667. The van der Waals surface area contributed by atoms with Gasteiger partial charge in [-0.15, -0.1) is 5.10 Å². The van der Waals surface area contributed by atoms with E-state index in [0.717, 1.165) is 19.3 Å². The van der Waals surface area contributed by atoms with E-state index in [4.69, 9.17) is 5.11 Å². The number of carboxylic acid groups (broad SMARTS) is 1. The van der Waals surface area contributed by atoms with E-state index in [0.29, 0.717) is 18.7 Å². The van der Waals surface area contributed by atoms with Crippen molar-refractivity contribution in [1.29, 1.82) is 0 Å². The van der Waals surface area contributed by atoms with Crippen LogP contribution < -0.4 is 0 Å². The highest BCUT2D eigenvalue weighted by molar-refractivity contribution is 5.92. The van der Waals surface area contributed by atoms with Gasteiger partial charge < -0.3 is 10.0 Å². The lowest BCUT2D eigenvalue weighted by molar-refractivity contribution is -0.137. The van der Waals surface area contributed by atoms with Crippen molar-refractivity contribution in [2.45, 2.75) is 38.1 Å². The zero-order valence-electron chi connectivity index (χ0n) is 10.9. The van der Waals surface area contributed by atoms with Crippen LogP contribution in [0, 0.1) is 0 Å². The lowest BCUT2D eigenvalue weighted by Crippen LogP contribution is -2.44. The lowest BCUT2D eigenvalue weighted by atomic mass is 9.97. The molecule has 1 unspecified atom stereocenters. The zero-order chi connectivity index (χ0) is 13.8. The molecule has 7 heteroatoms. The van der Waals surface area contributed by atoms with Crippen LogP contribution in [0.25, 0.3) is 0 Å². The third-order valence-corrected chi connectivity index (χ3v) is 3.40. The normalized spacial score (nSPS) is 19.4. The second-order valence-electron chi connectivity index (χ2n) is 4.86. The largest absolute Gasteiger partial charge is 0.481 e. The molecule has 1 atom stereocenters. The number of aliphatic carboxylic acids is 1. The SMILES string of the molecule is Cn1cc(C(=O)N2CCCCC2CCC(=O)O)nn1. The van der Waals surface area contributed by atoms with Crippen LogP contribution in [0.4, 0.5) is 0 Å². The van der Waals surface area contributed by atoms with Gasteiger partial charge in [-0.2, -0.15) is 0 Å². The van der Waals surface area contributed by atoms with Crippen LogP contribution >= 0.6 is 0 Å². The molecule has 1 saturated heterocycles. The first-order valence-electron chi connectivity index (χ1n) is 6.47. The number of carbonyl (C=O) groups is 2. The van der Waals surface area contributed by atoms with Gasteiger partial charge in [-0.25, -0.2) is 0 Å². The Bertz CT molecular complexity index is 471. The third kappa shape index (κ3) is 3.30. The van der Waals surface area contributed by atoms with E-state index in [9.17, 15) is 9.59 Å². The molecule has 1 amide bonds. The highest BCUT2D eigenvalue weighted by atomic mass is 16.4. The van der Waals surface area contributed by atoms with Crippen molar-refractivity contribution in [3.63, 3.8) is 0 Å². The fourth-order valence-electron chi connectivity index (χ4n) is 2.45. The average molecular weight is 266 g/mol. The molecular formula is C12H18N4O3. The number of likely N-dealkylation sites (tertiary alicyclic amines) is 1. The number of aromatic nitrogens is 3. The second-order valence-corrected chi connectivity index (χ2v) is 4.86. The minimum absolute atomic E-state index is 0.000596. The maximum absolute atomic E-state index is 12.3. The molecule has 0 aromatic carbocycles. The maximum atomic E-state index is 12.3. The molecule has 1 N–H and O–H groups in total. The number of nitrogens with zero attached hydrogens (tertiary/aromatic N) is 4. The number of hydrogen-bond donors (Lipinski definition) is 1. The highest BCUT2D eigenvalue weighted by Gasteiger charge is 2.29. The Labute approximate surface area is 111 Å². The Kier molecular flexibility index (Phi) is 4.13. The predicted octanol–water partition coefficient (Wildman–Crippen LogP) is 0.675. The van der Waals surface area contributed by atoms with Gasteiger partial charge >= 0.3 is 5.97 Å². The van der Waals surface area contributed by atoms with Crippen molar-refractivity contribution < 1.29 is 14.7 Å². The molecule has 7 nitrogen and oxygen atoms in total. The average Bonchev–Trinajstić information content (AvgIpc) is 2.82. The van der Waals surface area contributed by atoms with Gasteiger partial charge in [0.05, 0.1) is 6.20 Å².